The zero-order valence-electron chi connectivity index (χ0n) is 11.3. The average molecular weight is 291 g/mol. The zero-order chi connectivity index (χ0) is 14.1. The predicted molar refractivity (Wildman–Crippen MR) is 88.7 cm³/mol. The van der Waals surface area contributed by atoms with Crippen molar-refractivity contribution in [3.63, 3.8) is 0 Å². The molecule has 0 bridgehead atoms. The molecule has 21 heavy (non-hydrogen) atoms. The highest BCUT2D eigenvalue weighted by Crippen LogP contribution is 2.35. The van der Waals surface area contributed by atoms with Crippen molar-refractivity contribution in [3.8, 4) is 0 Å². The fourth-order valence-electron chi connectivity index (χ4n) is 2.47. The van der Waals surface area contributed by atoms with Crippen LogP contribution in [0, 0.1) is 0 Å². The van der Waals surface area contributed by atoms with Crippen molar-refractivity contribution < 1.29 is 0 Å². The standard InChI is InChI=1S/C17H13N3S/c1-2-6-12(7-3-1)10-18-16-15-13-8-4-5-9-14(13)21-17(15)20-11-19-16/h1-9,11H,10H2,(H,18,19,20). The largest absolute Gasteiger partial charge is 0.365 e. The van der Waals surface area contributed by atoms with Crippen molar-refractivity contribution in [1.29, 1.82) is 0 Å². The number of hydrogen-bond donors (Lipinski definition) is 1. The highest BCUT2D eigenvalue weighted by molar-refractivity contribution is 7.25. The van der Waals surface area contributed by atoms with E-state index in [-0.39, 0.29) is 0 Å². The Hall–Kier alpha value is -2.46. The van der Waals surface area contributed by atoms with E-state index in [1.54, 1.807) is 17.7 Å². The van der Waals surface area contributed by atoms with E-state index in [1.807, 2.05) is 18.2 Å². The lowest BCUT2D eigenvalue weighted by atomic mass is 10.2. The van der Waals surface area contributed by atoms with E-state index >= 15 is 0 Å². The average Bonchev–Trinajstić information content (AvgIpc) is 2.93. The molecule has 1 N–H and O–H groups in total. The van der Waals surface area contributed by atoms with Crippen LogP contribution in [0.2, 0.25) is 0 Å². The summed E-state index contributed by atoms with van der Waals surface area (Å²) in [6.07, 6.45) is 1.63. The molecule has 0 spiro atoms. The minimum atomic E-state index is 0.761. The molecule has 0 aliphatic carbocycles. The van der Waals surface area contributed by atoms with Crippen molar-refractivity contribution in [2.24, 2.45) is 0 Å². The van der Waals surface area contributed by atoms with Gasteiger partial charge >= 0.3 is 0 Å². The summed E-state index contributed by atoms with van der Waals surface area (Å²) < 4.78 is 1.25. The SMILES string of the molecule is c1ccc(CNc2ncnc3sc4ccccc4c23)cc1. The molecule has 0 unspecified atom stereocenters. The van der Waals surface area contributed by atoms with Gasteiger partial charge in [0.1, 0.15) is 17.0 Å². The third kappa shape index (κ3) is 2.23. The number of fused-ring (bicyclic) bond motifs is 3. The summed E-state index contributed by atoms with van der Waals surface area (Å²) in [5.41, 5.74) is 1.24. The lowest BCUT2D eigenvalue weighted by Crippen LogP contribution is -2.01. The fourth-order valence-corrected chi connectivity index (χ4v) is 3.52. The number of thiophene rings is 1. The first kappa shape index (κ1) is 12.3. The van der Waals surface area contributed by atoms with Gasteiger partial charge in [-0.1, -0.05) is 48.5 Å². The minimum absolute atomic E-state index is 0.761. The minimum Gasteiger partial charge on any atom is -0.365 e. The number of rotatable bonds is 3. The van der Waals surface area contributed by atoms with Crippen LogP contribution in [0.4, 0.5) is 5.82 Å². The quantitative estimate of drug-likeness (QED) is 0.605. The van der Waals surface area contributed by atoms with E-state index in [0.29, 0.717) is 0 Å². The van der Waals surface area contributed by atoms with E-state index in [2.05, 4.69) is 51.7 Å². The Balaban J connectivity index is 1.78. The van der Waals surface area contributed by atoms with Crippen LogP contribution in [-0.4, -0.2) is 9.97 Å². The molecular formula is C17H13N3S. The Labute approximate surface area is 126 Å². The Morgan fingerprint density at radius 3 is 2.62 bits per heavy atom. The first-order valence-corrected chi connectivity index (χ1v) is 7.63. The summed E-state index contributed by atoms with van der Waals surface area (Å²) in [5, 5.41) is 5.77. The molecule has 3 nitrogen and oxygen atoms in total. The van der Waals surface area contributed by atoms with Gasteiger partial charge < -0.3 is 5.32 Å². The van der Waals surface area contributed by atoms with Gasteiger partial charge in [-0.25, -0.2) is 9.97 Å². The van der Waals surface area contributed by atoms with Crippen LogP contribution >= 0.6 is 11.3 Å². The third-order valence-corrected chi connectivity index (χ3v) is 4.56. The molecule has 102 valence electrons. The van der Waals surface area contributed by atoms with Gasteiger partial charge in [-0.15, -0.1) is 11.3 Å². The molecule has 4 aromatic rings. The highest BCUT2D eigenvalue weighted by Gasteiger charge is 2.10. The van der Waals surface area contributed by atoms with Crippen molar-refractivity contribution in [3.05, 3.63) is 66.5 Å². The Morgan fingerprint density at radius 1 is 0.905 bits per heavy atom. The maximum atomic E-state index is 4.43. The molecule has 0 aliphatic rings. The number of benzene rings is 2. The number of nitrogens with zero attached hydrogens (tertiary/aromatic N) is 2. The topological polar surface area (TPSA) is 37.8 Å². The first-order chi connectivity index (χ1) is 10.4. The second-order valence-corrected chi connectivity index (χ2v) is 5.87. The van der Waals surface area contributed by atoms with Gasteiger partial charge in [-0.2, -0.15) is 0 Å². The van der Waals surface area contributed by atoms with Crippen molar-refractivity contribution >= 4 is 37.5 Å². The summed E-state index contributed by atoms with van der Waals surface area (Å²) in [6, 6.07) is 18.7. The monoisotopic (exact) mass is 291 g/mol. The van der Waals surface area contributed by atoms with Gasteiger partial charge in [0.25, 0.3) is 0 Å². The summed E-state index contributed by atoms with van der Waals surface area (Å²) in [5.74, 6) is 0.904. The number of aromatic nitrogens is 2. The Morgan fingerprint density at radius 2 is 1.71 bits per heavy atom. The van der Waals surface area contributed by atoms with Crippen LogP contribution in [0.25, 0.3) is 20.3 Å². The number of hydrogen-bond acceptors (Lipinski definition) is 4. The molecule has 4 rings (SSSR count). The van der Waals surface area contributed by atoms with E-state index < -0.39 is 0 Å². The fraction of sp³-hybridized carbons (Fsp3) is 0.0588. The van der Waals surface area contributed by atoms with E-state index in [9.17, 15) is 0 Å². The second-order valence-electron chi connectivity index (χ2n) is 4.84. The molecule has 0 radical (unpaired) electrons. The molecule has 0 aliphatic heterocycles. The van der Waals surface area contributed by atoms with E-state index in [0.717, 1.165) is 22.6 Å². The van der Waals surface area contributed by atoms with Crippen LogP contribution < -0.4 is 5.32 Å². The maximum Gasteiger partial charge on any atom is 0.139 e. The molecule has 0 saturated carbocycles. The van der Waals surface area contributed by atoms with Gasteiger partial charge in [0.15, 0.2) is 0 Å². The van der Waals surface area contributed by atoms with Crippen molar-refractivity contribution in [2.75, 3.05) is 5.32 Å². The lowest BCUT2D eigenvalue weighted by molar-refractivity contribution is 1.11. The molecule has 0 saturated heterocycles. The normalized spacial score (nSPS) is 11.0. The first-order valence-electron chi connectivity index (χ1n) is 6.82. The molecule has 2 aromatic carbocycles. The highest BCUT2D eigenvalue weighted by atomic mass is 32.1. The van der Waals surface area contributed by atoms with Crippen LogP contribution in [-0.2, 0) is 6.54 Å². The smallest absolute Gasteiger partial charge is 0.139 e. The molecule has 0 atom stereocenters. The van der Waals surface area contributed by atoms with E-state index in [4.69, 9.17) is 0 Å². The molecule has 0 amide bonds. The van der Waals surface area contributed by atoms with E-state index in [1.165, 1.54) is 15.6 Å². The Bertz CT molecular complexity index is 900. The zero-order valence-corrected chi connectivity index (χ0v) is 12.1. The molecule has 4 heteroatoms. The van der Waals surface area contributed by atoms with Crippen molar-refractivity contribution in [2.45, 2.75) is 6.54 Å². The van der Waals surface area contributed by atoms with Crippen LogP contribution in [0.5, 0.6) is 0 Å². The van der Waals surface area contributed by atoms with Gasteiger partial charge in [-0.05, 0) is 11.6 Å². The summed E-state index contributed by atoms with van der Waals surface area (Å²) in [6.45, 7) is 0.761. The summed E-state index contributed by atoms with van der Waals surface area (Å²) in [7, 11) is 0. The van der Waals surface area contributed by atoms with Gasteiger partial charge in [-0.3, -0.25) is 0 Å². The predicted octanol–water partition coefficient (Wildman–Crippen LogP) is 4.46. The third-order valence-electron chi connectivity index (χ3n) is 3.48. The Kier molecular flexibility index (Phi) is 3.01. The van der Waals surface area contributed by atoms with Gasteiger partial charge in [0.05, 0.1) is 5.39 Å². The number of nitrogens with one attached hydrogen (secondary N) is 1. The van der Waals surface area contributed by atoms with Gasteiger partial charge in [0.2, 0.25) is 0 Å². The number of anilines is 1. The summed E-state index contributed by atoms with van der Waals surface area (Å²) in [4.78, 5) is 9.86. The van der Waals surface area contributed by atoms with Gasteiger partial charge in [0, 0.05) is 16.6 Å². The van der Waals surface area contributed by atoms with Crippen molar-refractivity contribution in [1.82, 2.24) is 9.97 Å². The van der Waals surface area contributed by atoms with Crippen LogP contribution in [0.15, 0.2) is 60.9 Å². The van der Waals surface area contributed by atoms with Crippen LogP contribution in [0.1, 0.15) is 5.56 Å². The van der Waals surface area contributed by atoms with Crippen LogP contribution in [0.3, 0.4) is 0 Å². The lowest BCUT2D eigenvalue weighted by Gasteiger charge is -2.06. The molecule has 2 aromatic heterocycles. The molecular weight excluding hydrogens is 278 g/mol. The molecule has 2 heterocycles. The second kappa shape index (κ2) is 5.14. The molecule has 0 fully saturated rings. The maximum absolute atomic E-state index is 4.43. The summed E-state index contributed by atoms with van der Waals surface area (Å²) >= 11 is 1.71.